The molecule has 1 aliphatic rings. The van der Waals surface area contributed by atoms with E-state index in [1.54, 1.807) is 7.11 Å². The Morgan fingerprint density at radius 3 is 2.56 bits per heavy atom. The van der Waals surface area contributed by atoms with Crippen molar-refractivity contribution in [2.45, 2.75) is 0 Å². The number of anilines is 2. The van der Waals surface area contributed by atoms with Gasteiger partial charge in [-0.25, -0.2) is 4.98 Å². The highest BCUT2D eigenvalue weighted by Crippen LogP contribution is 2.20. The summed E-state index contributed by atoms with van der Waals surface area (Å²) in [4.78, 5) is 24.3. The molecule has 2 aromatic carbocycles. The molecule has 7 nitrogen and oxygen atoms in total. The normalized spacial score (nSPS) is 15.1. The predicted octanol–water partition coefficient (Wildman–Crippen LogP) is 2.33. The Balaban J connectivity index is 1.28. The first kappa shape index (κ1) is 17.4. The number of H-pyrrole nitrogens is 1. The van der Waals surface area contributed by atoms with Gasteiger partial charge in [-0.05, 0) is 36.4 Å². The van der Waals surface area contributed by atoms with Crippen molar-refractivity contribution in [1.29, 1.82) is 0 Å². The minimum absolute atomic E-state index is 0.0491. The van der Waals surface area contributed by atoms with E-state index in [1.807, 2.05) is 36.4 Å². The number of para-hydroxylation sites is 2. The molecule has 2 heterocycles. The maximum Gasteiger partial charge on any atom is 0.240 e. The highest BCUT2D eigenvalue weighted by Gasteiger charge is 2.19. The number of benzene rings is 2. The van der Waals surface area contributed by atoms with Crippen molar-refractivity contribution in [3.8, 4) is 5.75 Å². The Hall–Kier alpha value is -3.06. The van der Waals surface area contributed by atoms with Crippen LogP contribution in [-0.4, -0.2) is 60.6 Å². The van der Waals surface area contributed by atoms with Gasteiger partial charge in [-0.1, -0.05) is 12.1 Å². The van der Waals surface area contributed by atoms with E-state index in [1.165, 1.54) is 5.69 Å². The lowest BCUT2D eigenvalue weighted by Gasteiger charge is -2.35. The van der Waals surface area contributed by atoms with Gasteiger partial charge in [0, 0.05) is 31.9 Å². The second-order valence-corrected chi connectivity index (χ2v) is 6.61. The Bertz CT molecular complexity index is 881. The van der Waals surface area contributed by atoms with Crippen LogP contribution in [0.2, 0.25) is 0 Å². The van der Waals surface area contributed by atoms with E-state index >= 15 is 0 Å². The van der Waals surface area contributed by atoms with Crippen LogP contribution in [0.3, 0.4) is 0 Å². The highest BCUT2D eigenvalue weighted by molar-refractivity contribution is 5.92. The average molecular weight is 365 g/mol. The Morgan fingerprint density at radius 1 is 1.11 bits per heavy atom. The Morgan fingerprint density at radius 2 is 1.85 bits per heavy atom. The van der Waals surface area contributed by atoms with Crippen LogP contribution in [0.4, 0.5) is 11.6 Å². The predicted molar refractivity (Wildman–Crippen MR) is 106 cm³/mol. The van der Waals surface area contributed by atoms with Crippen molar-refractivity contribution < 1.29 is 9.53 Å². The van der Waals surface area contributed by atoms with Crippen molar-refractivity contribution in [2.24, 2.45) is 0 Å². The average Bonchev–Trinajstić information content (AvgIpc) is 3.10. The molecule has 140 valence electrons. The Labute approximate surface area is 157 Å². The molecule has 3 aromatic rings. The quantitative estimate of drug-likeness (QED) is 0.726. The third kappa shape index (κ3) is 4.03. The number of hydrogen-bond donors (Lipinski definition) is 2. The fourth-order valence-electron chi connectivity index (χ4n) is 3.34. The van der Waals surface area contributed by atoms with Crippen molar-refractivity contribution in [3.05, 3.63) is 48.5 Å². The number of amides is 1. The molecule has 0 radical (unpaired) electrons. The van der Waals surface area contributed by atoms with E-state index in [0.717, 1.165) is 43.0 Å². The minimum atomic E-state index is -0.0491. The molecular weight excluding hydrogens is 342 g/mol. The van der Waals surface area contributed by atoms with Gasteiger partial charge in [0.15, 0.2) is 0 Å². The molecule has 1 saturated heterocycles. The monoisotopic (exact) mass is 365 g/mol. The molecule has 2 N–H and O–H groups in total. The summed E-state index contributed by atoms with van der Waals surface area (Å²) in [6.45, 7) is 3.85. The molecule has 4 rings (SSSR count). The Kier molecular flexibility index (Phi) is 4.93. The van der Waals surface area contributed by atoms with E-state index < -0.39 is 0 Å². The minimum Gasteiger partial charge on any atom is -0.497 e. The van der Waals surface area contributed by atoms with Gasteiger partial charge in [0.05, 0.1) is 24.7 Å². The lowest BCUT2D eigenvalue weighted by Crippen LogP contribution is -2.48. The number of imidazole rings is 1. The van der Waals surface area contributed by atoms with Crippen molar-refractivity contribution in [2.75, 3.05) is 50.1 Å². The lowest BCUT2D eigenvalue weighted by molar-refractivity contribution is -0.117. The molecule has 1 fully saturated rings. The van der Waals surface area contributed by atoms with Crippen LogP contribution >= 0.6 is 0 Å². The molecule has 1 aliphatic heterocycles. The SMILES string of the molecule is COc1ccc(N2CCN(CC(=O)Nc3nc4ccccc4[nH]3)CC2)cc1. The number of carbonyl (C=O) groups is 1. The van der Waals surface area contributed by atoms with E-state index in [4.69, 9.17) is 4.74 Å². The van der Waals surface area contributed by atoms with Crippen molar-refractivity contribution in [3.63, 3.8) is 0 Å². The van der Waals surface area contributed by atoms with E-state index in [2.05, 4.69) is 37.2 Å². The third-order valence-corrected chi connectivity index (χ3v) is 4.82. The molecule has 0 spiro atoms. The second kappa shape index (κ2) is 7.67. The molecule has 0 bridgehead atoms. The van der Waals surface area contributed by atoms with Crippen molar-refractivity contribution >= 4 is 28.6 Å². The molecule has 0 atom stereocenters. The maximum absolute atomic E-state index is 12.3. The first-order chi connectivity index (χ1) is 13.2. The molecule has 1 aromatic heterocycles. The molecule has 1 amide bonds. The number of carbonyl (C=O) groups excluding carboxylic acids is 1. The van der Waals surface area contributed by atoms with Crippen LogP contribution in [-0.2, 0) is 4.79 Å². The summed E-state index contributed by atoms with van der Waals surface area (Å²) in [6, 6.07) is 15.8. The van der Waals surface area contributed by atoms with Gasteiger partial charge in [-0.3, -0.25) is 15.0 Å². The summed E-state index contributed by atoms with van der Waals surface area (Å²) in [5, 5.41) is 2.86. The summed E-state index contributed by atoms with van der Waals surface area (Å²) in [5.41, 5.74) is 2.95. The summed E-state index contributed by atoms with van der Waals surface area (Å²) in [5.74, 6) is 1.31. The molecule has 7 heteroatoms. The standard InChI is InChI=1S/C20H23N5O2/c1-27-16-8-6-15(7-9-16)25-12-10-24(11-13-25)14-19(26)23-20-21-17-4-2-3-5-18(17)22-20/h2-9H,10-14H2,1H3,(H2,21,22,23,26). The maximum atomic E-state index is 12.3. The summed E-state index contributed by atoms with van der Waals surface area (Å²) < 4.78 is 5.21. The number of aromatic nitrogens is 2. The van der Waals surface area contributed by atoms with Gasteiger partial charge in [0.2, 0.25) is 11.9 Å². The first-order valence-corrected chi connectivity index (χ1v) is 9.07. The highest BCUT2D eigenvalue weighted by atomic mass is 16.5. The fraction of sp³-hybridized carbons (Fsp3) is 0.300. The van der Waals surface area contributed by atoms with E-state index in [-0.39, 0.29) is 5.91 Å². The number of hydrogen-bond acceptors (Lipinski definition) is 5. The molecule has 0 saturated carbocycles. The molecule has 0 aliphatic carbocycles. The van der Waals surface area contributed by atoms with Crippen LogP contribution in [0.15, 0.2) is 48.5 Å². The van der Waals surface area contributed by atoms with Gasteiger partial charge in [0.1, 0.15) is 5.75 Å². The number of piperazine rings is 1. The molecule has 0 unspecified atom stereocenters. The topological polar surface area (TPSA) is 73.5 Å². The van der Waals surface area contributed by atoms with Gasteiger partial charge in [-0.15, -0.1) is 0 Å². The van der Waals surface area contributed by atoms with Gasteiger partial charge >= 0.3 is 0 Å². The molecular formula is C20H23N5O2. The first-order valence-electron chi connectivity index (χ1n) is 9.07. The zero-order valence-electron chi connectivity index (χ0n) is 15.3. The number of fused-ring (bicyclic) bond motifs is 1. The summed E-state index contributed by atoms with van der Waals surface area (Å²) >= 11 is 0. The van der Waals surface area contributed by atoms with Crippen LogP contribution in [0.1, 0.15) is 0 Å². The van der Waals surface area contributed by atoms with E-state index in [9.17, 15) is 4.79 Å². The number of aromatic amines is 1. The van der Waals surface area contributed by atoms with Crippen LogP contribution in [0.5, 0.6) is 5.75 Å². The summed E-state index contributed by atoms with van der Waals surface area (Å²) in [6.07, 6.45) is 0. The second-order valence-electron chi connectivity index (χ2n) is 6.61. The largest absolute Gasteiger partial charge is 0.497 e. The molecule has 27 heavy (non-hydrogen) atoms. The lowest BCUT2D eigenvalue weighted by atomic mass is 10.2. The fourth-order valence-corrected chi connectivity index (χ4v) is 3.34. The van der Waals surface area contributed by atoms with E-state index in [0.29, 0.717) is 12.5 Å². The van der Waals surface area contributed by atoms with Gasteiger partial charge in [0.25, 0.3) is 0 Å². The van der Waals surface area contributed by atoms with Gasteiger partial charge < -0.3 is 14.6 Å². The number of methoxy groups -OCH3 is 1. The zero-order valence-corrected chi connectivity index (χ0v) is 15.3. The zero-order chi connectivity index (χ0) is 18.6. The van der Waals surface area contributed by atoms with Crippen LogP contribution in [0.25, 0.3) is 11.0 Å². The van der Waals surface area contributed by atoms with Crippen molar-refractivity contribution in [1.82, 2.24) is 14.9 Å². The number of rotatable bonds is 5. The van der Waals surface area contributed by atoms with Crippen LogP contribution < -0.4 is 15.0 Å². The smallest absolute Gasteiger partial charge is 0.240 e. The van der Waals surface area contributed by atoms with Gasteiger partial charge in [-0.2, -0.15) is 0 Å². The summed E-state index contributed by atoms with van der Waals surface area (Å²) in [7, 11) is 1.67. The number of nitrogens with one attached hydrogen (secondary N) is 2. The number of ether oxygens (including phenoxy) is 1. The van der Waals surface area contributed by atoms with Crippen LogP contribution in [0, 0.1) is 0 Å². The number of nitrogens with zero attached hydrogens (tertiary/aromatic N) is 3. The third-order valence-electron chi connectivity index (χ3n) is 4.82.